The Hall–Kier alpha value is -3.34. The average Bonchev–Trinajstić information content (AvgIpc) is 3.34. The Morgan fingerprint density at radius 1 is 1.05 bits per heavy atom. The molecule has 0 saturated carbocycles. The maximum Gasteiger partial charge on any atom is 0.420 e. The first-order valence-electron chi connectivity index (χ1n) is 12.8. The van der Waals surface area contributed by atoms with E-state index in [1.54, 1.807) is 6.20 Å². The lowest BCUT2D eigenvalue weighted by Gasteiger charge is -2.32. The number of halogens is 1. The molecule has 10 heteroatoms. The van der Waals surface area contributed by atoms with Crippen LogP contribution in [0.3, 0.4) is 0 Å². The number of para-hydroxylation sites is 1. The van der Waals surface area contributed by atoms with Crippen LogP contribution in [0.2, 0.25) is 0 Å². The highest BCUT2D eigenvalue weighted by atomic mass is 79.9. The summed E-state index contributed by atoms with van der Waals surface area (Å²) in [5.41, 5.74) is 2.55. The zero-order chi connectivity index (χ0) is 26.5. The number of hydrogen-bond donors (Lipinski definition) is 0. The zero-order valence-electron chi connectivity index (χ0n) is 21.7. The van der Waals surface area contributed by atoms with Gasteiger partial charge in [0.1, 0.15) is 12.9 Å². The number of carbonyl (C=O) groups is 1. The highest BCUT2D eigenvalue weighted by Crippen LogP contribution is 2.31. The number of nitrogens with zero attached hydrogens (tertiary/aromatic N) is 7. The summed E-state index contributed by atoms with van der Waals surface area (Å²) in [6.07, 6.45) is 2.74. The molecule has 0 radical (unpaired) electrons. The number of fused-ring (bicyclic) bond motifs is 1. The van der Waals surface area contributed by atoms with Gasteiger partial charge in [0.25, 0.3) is 0 Å². The van der Waals surface area contributed by atoms with Crippen molar-refractivity contribution in [3.8, 4) is 0 Å². The first-order chi connectivity index (χ1) is 18.5. The topological polar surface area (TPSA) is 79.6 Å². The summed E-state index contributed by atoms with van der Waals surface area (Å²) >= 11 is 3.50. The summed E-state index contributed by atoms with van der Waals surface area (Å²) in [4.78, 5) is 28.6. The number of ether oxygens (including phenoxy) is 1. The number of rotatable bonds is 8. The molecule has 4 aromatic rings. The van der Waals surface area contributed by atoms with Gasteiger partial charge in [-0.2, -0.15) is 5.10 Å². The van der Waals surface area contributed by atoms with Crippen LogP contribution in [-0.4, -0.2) is 82.0 Å². The highest BCUT2D eigenvalue weighted by molar-refractivity contribution is 9.10. The molecule has 198 valence electrons. The van der Waals surface area contributed by atoms with Gasteiger partial charge >= 0.3 is 6.09 Å². The predicted molar refractivity (Wildman–Crippen MR) is 152 cm³/mol. The van der Waals surface area contributed by atoms with E-state index in [4.69, 9.17) is 4.74 Å². The van der Waals surface area contributed by atoms with Crippen molar-refractivity contribution in [1.29, 1.82) is 0 Å². The van der Waals surface area contributed by atoms with Gasteiger partial charge in [0.2, 0.25) is 0 Å². The number of aromatic nitrogens is 4. The summed E-state index contributed by atoms with van der Waals surface area (Å²) in [6.45, 7) is 7.80. The van der Waals surface area contributed by atoms with Crippen molar-refractivity contribution in [1.82, 2.24) is 29.5 Å². The molecule has 1 saturated heterocycles. The molecule has 1 amide bonds. The van der Waals surface area contributed by atoms with Crippen LogP contribution >= 0.6 is 15.9 Å². The maximum atomic E-state index is 13.5. The van der Waals surface area contributed by atoms with E-state index >= 15 is 0 Å². The normalized spacial score (nSPS) is 15.4. The lowest BCUT2D eigenvalue weighted by Crippen LogP contribution is -2.45. The number of likely N-dealkylation sites (N-methyl/N-ethyl adjacent to an activating group) is 1. The van der Waals surface area contributed by atoms with E-state index in [9.17, 15) is 4.79 Å². The van der Waals surface area contributed by atoms with E-state index in [1.807, 2.05) is 47.1 Å². The molecule has 1 fully saturated rings. The standard InChI is InChI=1S/C28H32BrN7O2/c1-21(22-8-10-23(29)11-9-22)19-35-26-25(18-32-35)27(31-20-30-26)36(24-6-4-3-5-7-24)28(37)38-17-16-34-14-12-33(2)13-15-34/h3-11,18,20-21H,12-17,19H2,1-2H3. The van der Waals surface area contributed by atoms with Crippen LogP contribution in [0.1, 0.15) is 18.4 Å². The van der Waals surface area contributed by atoms with Crippen molar-refractivity contribution in [3.63, 3.8) is 0 Å². The largest absolute Gasteiger partial charge is 0.448 e. The van der Waals surface area contributed by atoms with E-state index in [-0.39, 0.29) is 5.92 Å². The predicted octanol–water partition coefficient (Wildman–Crippen LogP) is 4.91. The maximum absolute atomic E-state index is 13.5. The van der Waals surface area contributed by atoms with Gasteiger partial charge in [0.05, 0.1) is 17.3 Å². The molecule has 0 spiro atoms. The summed E-state index contributed by atoms with van der Waals surface area (Å²) in [7, 11) is 2.13. The van der Waals surface area contributed by atoms with E-state index < -0.39 is 6.09 Å². The molecule has 0 bridgehead atoms. The van der Waals surface area contributed by atoms with Crippen LogP contribution < -0.4 is 4.90 Å². The smallest absolute Gasteiger partial charge is 0.420 e. The molecule has 9 nitrogen and oxygen atoms in total. The van der Waals surface area contributed by atoms with Crippen molar-refractivity contribution in [2.24, 2.45) is 0 Å². The molecule has 1 atom stereocenters. The van der Waals surface area contributed by atoms with Crippen LogP contribution in [0.25, 0.3) is 11.0 Å². The van der Waals surface area contributed by atoms with Crippen molar-refractivity contribution in [3.05, 3.63) is 77.2 Å². The minimum atomic E-state index is -0.471. The van der Waals surface area contributed by atoms with E-state index in [0.717, 1.165) is 30.7 Å². The van der Waals surface area contributed by atoms with Crippen molar-refractivity contribution in [2.75, 3.05) is 51.3 Å². The molecule has 1 aliphatic rings. The van der Waals surface area contributed by atoms with Crippen molar-refractivity contribution < 1.29 is 9.53 Å². The molecule has 38 heavy (non-hydrogen) atoms. The Kier molecular flexibility index (Phi) is 8.31. The highest BCUT2D eigenvalue weighted by Gasteiger charge is 2.25. The molecule has 2 aromatic heterocycles. The van der Waals surface area contributed by atoms with Crippen molar-refractivity contribution in [2.45, 2.75) is 19.4 Å². The Morgan fingerprint density at radius 2 is 1.79 bits per heavy atom. The lowest BCUT2D eigenvalue weighted by molar-refractivity contribution is 0.108. The first kappa shape index (κ1) is 26.3. The Balaban J connectivity index is 1.37. The zero-order valence-corrected chi connectivity index (χ0v) is 23.3. The van der Waals surface area contributed by atoms with Crippen molar-refractivity contribution >= 4 is 44.6 Å². The SMILES string of the molecule is CC(Cn1ncc2c(N(C(=O)OCCN3CCN(C)CC3)c3ccccc3)ncnc21)c1ccc(Br)cc1. The fourth-order valence-corrected chi connectivity index (χ4v) is 4.90. The number of anilines is 2. The average molecular weight is 579 g/mol. The molecule has 0 N–H and O–H groups in total. The van der Waals surface area contributed by atoms with E-state index in [0.29, 0.717) is 42.2 Å². The molecular formula is C28H32BrN7O2. The molecule has 3 heterocycles. The number of carbonyl (C=O) groups excluding carboxylic acids is 1. The van der Waals surface area contributed by atoms with Crippen LogP contribution in [0.5, 0.6) is 0 Å². The number of benzene rings is 2. The van der Waals surface area contributed by atoms with Gasteiger partial charge in [-0.1, -0.05) is 53.2 Å². The Morgan fingerprint density at radius 3 is 2.53 bits per heavy atom. The minimum absolute atomic E-state index is 0.217. The molecular weight excluding hydrogens is 546 g/mol. The third-order valence-corrected chi connectivity index (χ3v) is 7.46. The fourth-order valence-electron chi connectivity index (χ4n) is 4.64. The third-order valence-electron chi connectivity index (χ3n) is 6.94. The second kappa shape index (κ2) is 12.0. The second-order valence-electron chi connectivity index (χ2n) is 9.64. The van der Waals surface area contributed by atoms with Gasteiger partial charge in [-0.25, -0.2) is 24.3 Å². The quantitative estimate of drug-likeness (QED) is 0.294. The van der Waals surface area contributed by atoms with Gasteiger partial charge in [-0.15, -0.1) is 0 Å². The second-order valence-corrected chi connectivity index (χ2v) is 10.6. The van der Waals surface area contributed by atoms with Gasteiger partial charge in [0.15, 0.2) is 11.5 Å². The van der Waals surface area contributed by atoms with Gasteiger partial charge in [-0.3, -0.25) is 4.90 Å². The molecule has 0 aliphatic carbocycles. The number of amides is 1. The summed E-state index contributed by atoms with van der Waals surface area (Å²) in [5, 5.41) is 5.31. The van der Waals surface area contributed by atoms with E-state index in [1.165, 1.54) is 16.8 Å². The minimum Gasteiger partial charge on any atom is -0.448 e. The van der Waals surface area contributed by atoms with Gasteiger partial charge in [0, 0.05) is 49.7 Å². The van der Waals surface area contributed by atoms with Gasteiger partial charge in [-0.05, 0) is 36.9 Å². The monoisotopic (exact) mass is 577 g/mol. The van der Waals surface area contributed by atoms with E-state index in [2.05, 4.69) is 66.9 Å². The fraction of sp³-hybridized carbons (Fsp3) is 0.357. The number of hydrogen-bond acceptors (Lipinski definition) is 7. The molecule has 5 rings (SSSR count). The third kappa shape index (κ3) is 6.03. The number of piperazine rings is 1. The lowest BCUT2D eigenvalue weighted by atomic mass is 10.0. The van der Waals surface area contributed by atoms with Gasteiger partial charge < -0.3 is 9.64 Å². The molecule has 1 unspecified atom stereocenters. The first-order valence-corrected chi connectivity index (χ1v) is 13.6. The molecule has 1 aliphatic heterocycles. The molecule has 2 aromatic carbocycles. The Labute approximate surface area is 231 Å². The summed E-state index contributed by atoms with van der Waals surface area (Å²) in [5.74, 6) is 0.669. The summed E-state index contributed by atoms with van der Waals surface area (Å²) in [6, 6.07) is 17.7. The Bertz CT molecular complexity index is 1350. The van der Waals surface area contributed by atoms with Crippen LogP contribution in [0, 0.1) is 0 Å². The summed E-state index contributed by atoms with van der Waals surface area (Å²) < 4.78 is 8.69. The van der Waals surface area contributed by atoms with Crippen LogP contribution in [0.4, 0.5) is 16.3 Å². The van der Waals surface area contributed by atoms with Crippen LogP contribution in [-0.2, 0) is 11.3 Å². The van der Waals surface area contributed by atoms with Crippen LogP contribution in [0.15, 0.2) is 71.6 Å².